The number of fused-ring (bicyclic) bond motifs is 1. The number of aliphatic hydroxyl groups excluding tert-OH is 1. The van der Waals surface area contributed by atoms with Crippen molar-refractivity contribution in [1.29, 1.82) is 0 Å². The summed E-state index contributed by atoms with van der Waals surface area (Å²) in [5, 5.41) is 19.4. The summed E-state index contributed by atoms with van der Waals surface area (Å²) in [6, 6.07) is 6.82. The smallest absolute Gasteiger partial charge is 0.337 e. The Kier molecular flexibility index (Phi) is 6.29. The SMILES string of the molecule is C=C1C(C(=O)O)=CN([C@H](CO)C(C)C)c2cc(F)c(Cc3cccc(Cl)c3F)cc21. The van der Waals surface area contributed by atoms with E-state index in [4.69, 9.17) is 11.6 Å². The first-order valence-electron chi connectivity index (χ1n) is 9.45. The zero-order valence-corrected chi connectivity index (χ0v) is 17.4. The number of anilines is 1. The predicted molar refractivity (Wildman–Crippen MR) is 114 cm³/mol. The lowest BCUT2D eigenvalue weighted by Gasteiger charge is -2.37. The molecule has 0 bridgehead atoms. The molecule has 4 nitrogen and oxygen atoms in total. The van der Waals surface area contributed by atoms with Gasteiger partial charge < -0.3 is 15.1 Å². The predicted octanol–water partition coefficient (Wildman–Crippen LogP) is 5.03. The van der Waals surface area contributed by atoms with Crippen molar-refractivity contribution in [2.75, 3.05) is 11.5 Å². The number of aliphatic hydroxyl groups is 1. The molecule has 1 aliphatic rings. The van der Waals surface area contributed by atoms with Crippen molar-refractivity contribution in [3.8, 4) is 0 Å². The van der Waals surface area contributed by atoms with Crippen molar-refractivity contribution in [2.24, 2.45) is 5.92 Å². The molecule has 2 aromatic carbocycles. The monoisotopic (exact) mass is 433 g/mol. The Morgan fingerprint density at radius 3 is 2.53 bits per heavy atom. The third kappa shape index (κ3) is 3.98. The van der Waals surface area contributed by atoms with Gasteiger partial charge in [0.15, 0.2) is 0 Å². The summed E-state index contributed by atoms with van der Waals surface area (Å²) < 4.78 is 29.3. The third-order valence-electron chi connectivity index (χ3n) is 5.32. The molecule has 1 heterocycles. The summed E-state index contributed by atoms with van der Waals surface area (Å²) in [4.78, 5) is 13.3. The molecule has 0 aliphatic carbocycles. The number of carboxylic acids is 1. The van der Waals surface area contributed by atoms with E-state index in [2.05, 4.69) is 6.58 Å². The molecule has 2 N–H and O–H groups in total. The van der Waals surface area contributed by atoms with Crippen LogP contribution in [0.3, 0.4) is 0 Å². The van der Waals surface area contributed by atoms with Gasteiger partial charge in [-0.25, -0.2) is 13.6 Å². The Morgan fingerprint density at radius 1 is 1.23 bits per heavy atom. The summed E-state index contributed by atoms with van der Waals surface area (Å²) >= 11 is 5.83. The van der Waals surface area contributed by atoms with Crippen LogP contribution in [0.4, 0.5) is 14.5 Å². The third-order valence-corrected chi connectivity index (χ3v) is 5.61. The summed E-state index contributed by atoms with van der Waals surface area (Å²) in [5.41, 5.74) is 1.42. The fraction of sp³-hybridized carbons (Fsp3) is 0.261. The van der Waals surface area contributed by atoms with Gasteiger partial charge in [0.05, 0.1) is 28.9 Å². The van der Waals surface area contributed by atoms with Gasteiger partial charge >= 0.3 is 5.97 Å². The first kappa shape index (κ1) is 22.0. The molecule has 0 radical (unpaired) electrons. The lowest BCUT2D eigenvalue weighted by atomic mass is 9.89. The Balaban J connectivity index is 2.14. The van der Waals surface area contributed by atoms with E-state index in [1.54, 1.807) is 11.0 Å². The van der Waals surface area contributed by atoms with Gasteiger partial charge in [-0.15, -0.1) is 0 Å². The van der Waals surface area contributed by atoms with Crippen molar-refractivity contribution < 1.29 is 23.8 Å². The summed E-state index contributed by atoms with van der Waals surface area (Å²) in [5.74, 6) is -2.41. The first-order chi connectivity index (χ1) is 14.1. The van der Waals surface area contributed by atoms with E-state index in [1.165, 1.54) is 30.5 Å². The summed E-state index contributed by atoms with van der Waals surface area (Å²) in [6.07, 6.45) is 1.32. The molecule has 0 unspecified atom stereocenters. The minimum absolute atomic E-state index is 0.0381. The molecule has 1 aliphatic heterocycles. The van der Waals surface area contributed by atoms with Crippen molar-refractivity contribution >= 4 is 28.8 Å². The Labute approximate surface area is 178 Å². The Bertz CT molecular complexity index is 1050. The maximum atomic E-state index is 15.0. The van der Waals surface area contributed by atoms with Gasteiger partial charge in [0.1, 0.15) is 11.6 Å². The van der Waals surface area contributed by atoms with Crippen molar-refractivity contribution in [2.45, 2.75) is 26.3 Å². The fourth-order valence-electron chi connectivity index (χ4n) is 3.60. The minimum atomic E-state index is -1.18. The second-order valence-corrected chi connectivity index (χ2v) is 7.99. The first-order valence-corrected chi connectivity index (χ1v) is 9.82. The molecule has 7 heteroatoms. The molecule has 0 saturated heterocycles. The van der Waals surface area contributed by atoms with Gasteiger partial charge in [-0.1, -0.05) is 44.2 Å². The van der Waals surface area contributed by atoms with Gasteiger partial charge in [0.25, 0.3) is 0 Å². The Hall–Kier alpha value is -2.70. The van der Waals surface area contributed by atoms with Crippen LogP contribution < -0.4 is 4.90 Å². The molecule has 158 valence electrons. The molecule has 0 amide bonds. The van der Waals surface area contributed by atoms with E-state index < -0.39 is 23.6 Å². The number of hydrogen-bond donors (Lipinski definition) is 2. The lowest BCUT2D eigenvalue weighted by Crippen LogP contribution is -2.40. The highest BCUT2D eigenvalue weighted by Gasteiger charge is 2.31. The van der Waals surface area contributed by atoms with E-state index in [0.717, 1.165) is 0 Å². The zero-order chi connectivity index (χ0) is 22.2. The van der Waals surface area contributed by atoms with Crippen LogP contribution in [0, 0.1) is 17.6 Å². The maximum absolute atomic E-state index is 15.0. The van der Waals surface area contributed by atoms with Gasteiger partial charge in [0.2, 0.25) is 0 Å². The topological polar surface area (TPSA) is 60.8 Å². The fourth-order valence-corrected chi connectivity index (χ4v) is 3.79. The number of aliphatic carboxylic acids is 1. The highest BCUT2D eigenvalue weighted by Crippen LogP contribution is 2.40. The average Bonchev–Trinajstić information content (AvgIpc) is 2.68. The molecule has 1 atom stereocenters. The van der Waals surface area contributed by atoms with Crippen molar-refractivity contribution in [3.63, 3.8) is 0 Å². The van der Waals surface area contributed by atoms with Crippen LogP contribution in [0.2, 0.25) is 5.02 Å². The normalized spacial score (nSPS) is 14.6. The van der Waals surface area contributed by atoms with Crippen molar-refractivity contribution in [3.05, 3.63) is 82.0 Å². The van der Waals surface area contributed by atoms with E-state index in [1.807, 2.05) is 13.8 Å². The van der Waals surface area contributed by atoms with E-state index in [-0.39, 0.29) is 46.2 Å². The number of carbonyl (C=O) groups is 1. The number of hydrogen-bond acceptors (Lipinski definition) is 3. The number of nitrogens with zero attached hydrogens (tertiary/aromatic N) is 1. The largest absolute Gasteiger partial charge is 0.478 e. The van der Waals surface area contributed by atoms with Crippen LogP contribution in [-0.4, -0.2) is 28.8 Å². The van der Waals surface area contributed by atoms with Gasteiger partial charge in [-0.2, -0.15) is 0 Å². The molecule has 0 saturated carbocycles. The molecule has 30 heavy (non-hydrogen) atoms. The molecular formula is C23H22ClF2NO3. The number of halogens is 3. The zero-order valence-electron chi connectivity index (χ0n) is 16.6. The van der Waals surface area contributed by atoms with Gasteiger partial charge in [0, 0.05) is 18.2 Å². The van der Waals surface area contributed by atoms with E-state index in [9.17, 15) is 19.4 Å². The second kappa shape index (κ2) is 8.58. The maximum Gasteiger partial charge on any atom is 0.337 e. The van der Waals surface area contributed by atoms with Gasteiger partial charge in [-0.05, 0) is 40.8 Å². The molecular weight excluding hydrogens is 412 g/mol. The molecule has 3 rings (SSSR count). The molecule has 0 spiro atoms. The number of carboxylic acid groups (broad SMARTS) is 1. The van der Waals surface area contributed by atoms with Crippen LogP contribution in [0.1, 0.15) is 30.5 Å². The quantitative estimate of drug-likeness (QED) is 0.671. The summed E-state index contributed by atoms with van der Waals surface area (Å²) in [6.45, 7) is 7.39. The van der Waals surface area contributed by atoms with Crippen LogP contribution in [0.15, 0.2) is 48.7 Å². The highest BCUT2D eigenvalue weighted by atomic mass is 35.5. The molecule has 2 aromatic rings. The second-order valence-electron chi connectivity index (χ2n) is 7.58. The minimum Gasteiger partial charge on any atom is -0.478 e. The van der Waals surface area contributed by atoms with E-state index in [0.29, 0.717) is 11.3 Å². The number of benzene rings is 2. The van der Waals surface area contributed by atoms with Crippen LogP contribution in [-0.2, 0) is 11.2 Å². The van der Waals surface area contributed by atoms with Crippen LogP contribution in [0.5, 0.6) is 0 Å². The molecule has 0 aromatic heterocycles. The lowest BCUT2D eigenvalue weighted by molar-refractivity contribution is -0.132. The van der Waals surface area contributed by atoms with Crippen LogP contribution >= 0.6 is 11.6 Å². The summed E-state index contributed by atoms with van der Waals surface area (Å²) in [7, 11) is 0. The van der Waals surface area contributed by atoms with Crippen LogP contribution in [0.25, 0.3) is 5.57 Å². The van der Waals surface area contributed by atoms with E-state index >= 15 is 4.39 Å². The standard InChI is InChI=1S/C23H22ClF2NO3/c1-12(2)21(11-28)27-10-17(23(29)30)13(3)16-8-15(19(25)9-20(16)27)7-14-5-4-6-18(24)22(14)26/h4-6,8-10,12,21,28H,3,7,11H2,1-2H3,(H,29,30)/t21-/m1/s1. The van der Waals surface area contributed by atoms with Crippen molar-refractivity contribution in [1.82, 2.24) is 0 Å². The average molecular weight is 434 g/mol. The highest BCUT2D eigenvalue weighted by molar-refractivity contribution is 6.30. The number of rotatable bonds is 6. The Morgan fingerprint density at radius 2 is 1.93 bits per heavy atom. The van der Waals surface area contributed by atoms with Gasteiger partial charge in [-0.3, -0.25) is 0 Å². The molecule has 0 fully saturated rings.